The molecule has 1 heterocycles. The first-order valence-corrected chi connectivity index (χ1v) is 9.41. The van der Waals surface area contributed by atoms with Crippen LogP contribution in [0.5, 0.6) is 5.75 Å². The fourth-order valence-corrected chi connectivity index (χ4v) is 3.97. The van der Waals surface area contributed by atoms with Crippen molar-refractivity contribution >= 4 is 21.6 Å². The van der Waals surface area contributed by atoms with Crippen LogP contribution in [0.4, 0.5) is 5.69 Å². The smallest absolute Gasteiger partial charge is 0.261 e. The number of anilines is 1. The topological polar surface area (TPSA) is 75.7 Å². The predicted octanol–water partition coefficient (Wildman–Crippen LogP) is 2.40. The van der Waals surface area contributed by atoms with Crippen molar-refractivity contribution in [3.8, 4) is 5.75 Å². The second-order valence-electron chi connectivity index (χ2n) is 5.96. The summed E-state index contributed by atoms with van der Waals surface area (Å²) in [6, 6.07) is 11.8. The highest BCUT2D eigenvalue weighted by Crippen LogP contribution is 2.25. The number of nitrogens with one attached hydrogen (secondary N) is 1. The van der Waals surface area contributed by atoms with Crippen LogP contribution < -0.4 is 9.46 Å². The van der Waals surface area contributed by atoms with E-state index >= 15 is 0 Å². The lowest BCUT2D eigenvalue weighted by atomic mass is 10.00. The molecular weight excluding hydrogens is 340 g/mol. The van der Waals surface area contributed by atoms with Gasteiger partial charge < -0.3 is 9.64 Å². The largest absolute Gasteiger partial charge is 0.497 e. The third-order valence-electron chi connectivity index (χ3n) is 4.27. The fraction of sp³-hybridized carbons (Fsp3) is 0.278. The molecule has 0 saturated heterocycles. The van der Waals surface area contributed by atoms with Crippen LogP contribution in [0.1, 0.15) is 18.1 Å². The Kier molecular flexibility index (Phi) is 4.67. The van der Waals surface area contributed by atoms with Gasteiger partial charge in [0, 0.05) is 26.1 Å². The molecule has 0 unspecified atom stereocenters. The minimum atomic E-state index is -3.72. The zero-order chi connectivity index (χ0) is 18.0. The zero-order valence-electron chi connectivity index (χ0n) is 14.2. The number of nitrogens with zero attached hydrogens (tertiary/aromatic N) is 1. The normalized spacial score (nSPS) is 13.9. The molecule has 2 aromatic rings. The standard InChI is InChI=1S/C18H20N2O4S/c1-13(21)20-9-8-14-6-7-18(10-15(14)12-20)25(22,23)19-16-4-3-5-17(11-16)24-2/h3-7,10-11,19H,8-9,12H2,1-2H3. The average molecular weight is 360 g/mol. The highest BCUT2D eigenvalue weighted by Gasteiger charge is 2.21. The van der Waals surface area contributed by atoms with Gasteiger partial charge in [0.05, 0.1) is 17.7 Å². The monoisotopic (exact) mass is 360 g/mol. The summed E-state index contributed by atoms with van der Waals surface area (Å²) >= 11 is 0. The lowest BCUT2D eigenvalue weighted by Gasteiger charge is -2.28. The van der Waals surface area contributed by atoms with Crippen LogP contribution in [0.3, 0.4) is 0 Å². The van der Waals surface area contributed by atoms with Crippen LogP contribution in [0.15, 0.2) is 47.4 Å². The number of amides is 1. The Balaban J connectivity index is 1.88. The van der Waals surface area contributed by atoms with Gasteiger partial charge in [-0.25, -0.2) is 8.42 Å². The van der Waals surface area contributed by atoms with Gasteiger partial charge in [-0.05, 0) is 41.8 Å². The molecule has 0 saturated carbocycles. The zero-order valence-corrected chi connectivity index (χ0v) is 15.0. The number of benzene rings is 2. The molecule has 6 nitrogen and oxygen atoms in total. The Labute approximate surface area is 147 Å². The molecule has 0 spiro atoms. The summed E-state index contributed by atoms with van der Waals surface area (Å²) in [7, 11) is -2.19. The van der Waals surface area contributed by atoms with Crippen molar-refractivity contribution in [3.63, 3.8) is 0 Å². The summed E-state index contributed by atoms with van der Waals surface area (Å²) in [6.07, 6.45) is 0.735. The van der Waals surface area contributed by atoms with Gasteiger partial charge in [0.1, 0.15) is 5.75 Å². The van der Waals surface area contributed by atoms with Gasteiger partial charge in [-0.2, -0.15) is 0 Å². The van der Waals surface area contributed by atoms with Crippen LogP contribution in [-0.4, -0.2) is 32.9 Å². The van der Waals surface area contributed by atoms with E-state index in [1.807, 2.05) is 6.07 Å². The minimum Gasteiger partial charge on any atom is -0.497 e. The number of carbonyl (C=O) groups excluding carboxylic acids is 1. The first-order valence-electron chi connectivity index (χ1n) is 7.93. The molecule has 0 radical (unpaired) electrons. The van der Waals surface area contributed by atoms with Gasteiger partial charge in [0.2, 0.25) is 5.91 Å². The number of rotatable bonds is 4. The number of ether oxygens (including phenoxy) is 1. The van der Waals surface area contributed by atoms with E-state index in [4.69, 9.17) is 4.74 Å². The van der Waals surface area contributed by atoms with Crippen molar-refractivity contribution in [1.82, 2.24) is 4.90 Å². The highest BCUT2D eigenvalue weighted by molar-refractivity contribution is 7.92. The van der Waals surface area contributed by atoms with Crippen molar-refractivity contribution in [2.75, 3.05) is 18.4 Å². The van der Waals surface area contributed by atoms with E-state index in [-0.39, 0.29) is 10.8 Å². The van der Waals surface area contributed by atoms with Crippen molar-refractivity contribution in [3.05, 3.63) is 53.6 Å². The molecule has 0 fully saturated rings. The molecule has 7 heteroatoms. The molecule has 0 bridgehead atoms. The second-order valence-corrected chi connectivity index (χ2v) is 7.64. The molecule has 2 aromatic carbocycles. The Morgan fingerprint density at radius 2 is 1.96 bits per heavy atom. The number of carbonyl (C=O) groups is 1. The molecule has 0 aliphatic carbocycles. The van der Waals surface area contributed by atoms with E-state index in [9.17, 15) is 13.2 Å². The predicted molar refractivity (Wildman–Crippen MR) is 95.0 cm³/mol. The maximum atomic E-state index is 12.7. The molecule has 0 aromatic heterocycles. The Bertz CT molecular complexity index is 909. The first-order chi connectivity index (χ1) is 11.9. The summed E-state index contributed by atoms with van der Waals surface area (Å²) in [5.41, 5.74) is 2.38. The van der Waals surface area contributed by atoms with E-state index < -0.39 is 10.0 Å². The molecular formula is C18H20N2O4S. The van der Waals surface area contributed by atoms with E-state index in [0.29, 0.717) is 24.5 Å². The molecule has 1 aliphatic heterocycles. The third-order valence-corrected chi connectivity index (χ3v) is 5.65. The molecule has 132 valence electrons. The quantitative estimate of drug-likeness (QED) is 0.908. The van der Waals surface area contributed by atoms with Crippen LogP contribution in [0.2, 0.25) is 0 Å². The van der Waals surface area contributed by atoms with Gasteiger partial charge in [0.25, 0.3) is 10.0 Å². The summed E-state index contributed by atoms with van der Waals surface area (Å²) in [5.74, 6) is 0.566. The minimum absolute atomic E-state index is 0.00610. The van der Waals surface area contributed by atoms with Crippen molar-refractivity contribution in [2.24, 2.45) is 0 Å². The van der Waals surface area contributed by atoms with Crippen LogP contribution >= 0.6 is 0 Å². The van der Waals surface area contributed by atoms with Gasteiger partial charge in [-0.3, -0.25) is 9.52 Å². The average Bonchev–Trinajstić information content (AvgIpc) is 2.60. The van der Waals surface area contributed by atoms with E-state index in [0.717, 1.165) is 17.5 Å². The Morgan fingerprint density at radius 1 is 1.16 bits per heavy atom. The maximum absolute atomic E-state index is 12.7. The maximum Gasteiger partial charge on any atom is 0.261 e. The molecule has 3 rings (SSSR count). The molecule has 1 aliphatic rings. The SMILES string of the molecule is COc1cccc(NS(=O)(=O)c2ccc3c(c2)CN(C(C)=O)CC3)c1. The first kappa shape index (κ1) is 17.3. The Hall–Kier alpha value is -2.54. The third kappa shape index (κ3) is 3.76. The van der Waals surface area contributed by atoms with Crippen LogP contribution in [0, 0.1) is 0 Å². The van der Waals surface area contributed by atoms with Crippen molar-refractivity contribution in [1.29, 1.82) is 0 Å². The lowest BCUT2D eigenvalue weighted by molar-refractivity contribution is -0.129. The number of hydrogen-bond donors (Lipinski definition) is 1. The molecule has 25 heavy (non-hydrogen) atoms. The van der Waals surface area contributed by atoms with Gasteiger partial charge in [-0.1, -0.05) is 12.1 Å². The Morgan fingerprint density at radius 3 is 2.68 bits per heavy atom. The molecule has 1 amide bonds. The highest BCUT2D eigenvalue weighted by atomic mass is 32.2. The van der Waals surface area contributed by atoms with E-state index in [1.165, 1.54) is 14.0 Å². The van der Waals surface area contributed by atoms with Crippen LogP contribution in [-0.2, 0) is 27.8 Å². The van der Waals surface area contributed by atoms with Gasteiger partial charge in [-0.15, -0.1) is 0 Å². The summed E-state index contributed by atoms with van der Waals surface area (Å²) in [6.45, 7) is 2.62. The number of methoxy groups -OCH3 is 1. The van der Waals surface area contributed by atoms with Gasteiger partial charge in [0.15, 0.2) is 0 Å². The van der Waals surface area contributed by atoms with E-state index in [2.05, 4.69) is 4.72 Å². The fourth-order valence-electron chi connectivity index (χ4n) is 2.87. The molecule has 1 N–H and O–H groups in total. The number of fused-ring (bicyclic) bond motifs is 1. The van der Waals surface area contributed by atoms with E-state index in [1.54, 1.807) is 41.3 Å². The summed E-state index contributed by atoms with van der Waals surface area (Å²) in [5, 5.41) is 0. The second kappa shape index (κ2) is 6.76. The summed E-state index contributed by atoms with van der Waals surface area (Å²) in [4.78, 5) is 13.5. The summed E-state index contributed by atoms with van der Waals surface area (Å²) < 4.78 is 33.0. The lowest BCUT2D eigenvalue weighted by Crippen LogP contribution is -2.34. The molecule has 0 atom stereocenters. The van der Waals surface area contributed by atoms with Crippen LogP contribution in [0.25, 0.3) is 0 Å². The number of sulfonamides is 1. The van der Waals surface area contributed by atoms with Crippen molar-refractivity contribution < 1.29 is 17.9 Å². The number of hydrogen-bond acceptors (Lipinski definition) is 4. The van der Waals surface area contributed by atoms with Crippen molar-refractivity contribution in [2.45, 2.75) is 24.8 Å². The van der Waals surface area contributed by atoms with Gasteiger partial charge >= 0.3 is 0 Å².